The highest BCUT2D eigenvalue weighted by atomic mass is 32.2. The van der Waals surface area contributed by atoms with Gasteiger partial charge in [-0.05, 0) is 55.2 Å². The minimum absolute atomic E-state index is 0.341. The summed E-state index contributed by atoms with van der Waals surface area (Å²) in [6.07, 6.45) is 2.44. The average molecular weight is 421 g/mol. The molecule has 0 spiro atoms. The van der Waals surface area contributed by atoms with Crippen molar-refractivity contribution < 1.29 is 23.1 Å². The second-order valence-corrected chi connectivity index (χ2v) is 8.53. The number of aliphatic carboxylic acids is 1. The molecule has 0 amide bonds. The van der Waals surface area contributed by atoms with E-state index < -0.39 is 22.1 Å². The highest BCUT2D eigenvalue weighted by Crippen LogP contribution is 2.14. The Morgan fingerprint density at radius 2 is 1.62 bits per heavy atom. The van der Waals surface area contributed by atoms with E-state index in [2.05, 4.69) is 10.0 Å². The topological polar surface area (TPSA) is 105 Å². The van der Waals surface area contributed by atoms with Crippen LogP contribution in [0.15, 0.2) is 48.5 Å². The largest absolute Gasteiger partial charge is 0.479 e. The third kappa shape index (κ3) is 8.53. The Morgan fingerprint density at radius 3 is 2.17 bits per heavy atom. The number of rotatable bonds is 12. The summed E-state index contributed by atoms with van der Waals surface area (Å²) in [5, 5.41) is 12.5. The van der Waals surface area contributed by atoms with Gasteiger partial charge in [0.25, 0.3) is 0 Å². The van der Waals surface area contributed by atoms with Crippen LogP contribution in [0.4, 0.5) is 11.4 Å². The van der Waals surface area contributed by atoms with E-state index >= 15 is 0 Å². The van der Waals surface area contributed by atoms with Crippen LogP contribution in [0.5, 0.6) is 0 Å². The maximum Gasteiger partial charge on any atom is 0.333 e. The van der Waals surface area contributed by atoms with Crippen LogP contribution in [0, 0.1) is 0 Å². The Morgan fingerprint density at radius 1 is 1.03 bits per heavy atom. The zero-order valence-corrected chi connectivity index (χ0v) is 17.5. The average Bonchev–Trinajstić information content (AvgIpc) is 2.66. The predicted molar refractivity (Wildman–Crippen MR) is 115 cm³/mol. The van der Waals surface area contributed by atoms with Gasteiger partial charge in [-0.25, -0.2) is 13.2 Å². The first kappa shape index (κ1) is 22.7. The third-order valence-electron chi connectivity index (χ3n) is 4.25. The second-order valence-electron chi connectivity index (χ2n) is 6.78. The maximum atomic E-state index is 11.2. The van der Waals surface area contributed by atoms with E-state index in [0.717, 1.165) is 42.5 Å². The summed E-state index contributed by atoms with van der Waals surface area (Å²) >= 11 is 0. The zero-order valence-electron chi connectivity index (χ0n) is 16.7. The maximum absolute atomic E-state index is 11.2. The lowest BCUT2D eigenvalue weighted by Crippen LogP contribution is -2.26. The first-order chi connectivity index (χ1) is 13.8. The van der Waals surface area contributed by atoms with Gasteiger partial charge in [0.15, 0.2) is 6.10 Å². The summed E-state index contributed by atoms with van der Waals surface area (Å²) in [7, 11) is -3.25. The SMILES string of the molecule is CCOC(Cc1ccc(NCCCc2ccc(NS(C)(=O)=O)cc2)cc1)C(=O)O. The van der Waals surface area contributed by atoms with Crippen LogP contribution < -0.4 is 10.0 Å². The molecule has 158 valence electrons. The molecule has 0 fully saturated rings. The summed E-state index contributed by atoms with van der Waals surface area (Å²) in [6, 6.07) is 15.0. The molecule has 0 heterocycles. The second kappa shape index (κ2) is 10.8. The number of hydrogen-bond donors (Lipinski definition) is 3. The lowest BCUT2D eigenvalue weighted by atomic mass is 10.1. The number of sulfonamides is 1. The van der Waals surface area contributed by atoms with Crippen LogP contribution >= 0.6 is 0 Å². The van der Waals surface area contributed by atoms with Gasteiger partial charge in [0, 0.05) is 30.9 Å². The molecule has 0 aliphatic carbocycles. The Bertz CT molecular complexity index is 880. The fraction of sp³-hybridized carbons (Fsp3) is 0.381. The van der Waals surface area contributed by atoms with Crippen molar-refractivity contribution in [2.24, 2.45) is 0 Å². The molecule has 1 atom stereocenters. The molecule has 0 bridgehead atoms. The molecule has 8 heteroatoms. The highest BCUT2D eigenvalue weighted by Gasteiger charge is 2.17. The van der Waals surface area contributed by atoms with Crippen molar-refractivity contribution in [2.75, 3.05) is 29.4 Å². The first-order valence-electron chi connectivity index (χ1n) is 9.51. The Balaban J connectivity index is 1.75. The molecule has 29 heavy (non-hydrogen) atoms. The summed E-state index contributed by atoms with van der Waals surface area (Å²) in [5.74, 6) is -0.950. The lowest BCUT2D eigenvalue weighted by molar-refractivity contribution is -0.149. The van der Waals surface area contributed by atoms with Crippen LogP contribution in [0.25, 0.3) is 0 Å². The minimum Gasteiger partial charge on any atom is -0.479 e. The van der Waals surface area contributed by atoms with E-state index in [-0.39, 0.29) is 0 Å². The summed E-state index contributed by atoms with van der Waals surface area (Å²) in [5.41, 5.74) is 3.59. The van der Waals surface area contributed by atoms with E-state index in [0.29, 0.717) is 18.7 Å². The summed E-state index contributed by atoms with van der Waals surface area (Å²) in [6.45, 7) is 2.94. The molecular formula is C21H28N2O5S. The molecule has 0 radical (unpaired) electrons. The predicted octanol–water partition coefficient (Wildman–Crippen LogP) is 3.14. The van der Waals surface area contributed by atoms with E-state index in [1.54, 1.807) is 19.1 Å². The van der Waals surface area contributed by atoms with Crippen molar-refractivity contribution in [1.82, 2.24) is 0 Å². The van der Waals surface area contributed by atoms with Crippen LogP contribution in [0.3, 0.4) is 0 Å². The van der Waals surface area contributed by atoms with Gasteiger partial charge >= 0.3 is 5.97 Å². The van der Waals surface area contributed by atoms with Crippen LogP contribution in [-0.4, -0.2) is 45.0 Å². The minimum atomic E-state index is -3.25. The molecule has 0 saturated heterocycles. The van der Waals surface area contributed by atoms with Gasteiger partial charge in [0.05, 0.1) is 6.26 Å². The van der Waals surface area contributed by atoms with E-state index in [9.17, 15) is 13.2 Å². The van der Waals surface area contributed by atoms with Crippen molar-refractivity contribution in [3.63, 3.8) is 0 Å². The fourth-order valence-corrected chi connectivity index (χ4v) is 3.43. The molecule has 0 aliphatic rings. The lowest BCUT2D eigenvalue weighted by Gasteiger charge is -2.13. The molecular weight excluding hydrogens is 392 g/mol. The molecule has 0 aromatic heterocycles. The van der Waals surface area contributed by atoms with Crippen molar-refractivity contribution in [3.05, 3.63) is 59.7 Å². The van der Waals surface area contributed by atoms with E-state index in [4.69, 9.17) is 9.84 Å². The molecule has 2 aromatic carbocycles. The van der Waals surface area contributed by atoms with Gasteiger partial charge in [0.2, 0.25) is 10.0 Å². The number of benzene rings is 2. The summed E-state index contributed by atoms with van der Waals surface area (Å²) < 4.78 is 30.1. The molecule has 0 aliphatic heterocycles. The number of carbonyl (C=O) groups is 1. The zero-order chi connectivity index (χ0) is 21.3. The van der Waals surface area contributed by atoms with Gasteiger partial charge in [-0.1, -0.05) is 24.3 Å². The Kier molecular flexibility index (Phi) is 8.48. The van der Waals surface area contributed by atoms with Gasteiger partial charge in [-0.3, -0.25) is 4.72 Å². The van der Waals surface area contributed by atoms with E-state index in [1.807, 2.05) is 36.4 Å². The number of hydrogen-bond acceptors (Lipinski definition) is 5. The first-order valence-corrected chi connectivity index (χ1v) is 11.4. The van der Waals surface area contributed by atoms with Crippen molar-refractivity contribution in [3.8, 4) is 0 Å². The number of nitrogens with one attached hydrogen (secondary N) is 2. The molecule has 2 rings (SSSR count). The standard InChI is InChI=1S/C21H28N2O5S/c1-3-28-20(21(24)25)15-17-8-10-18(11-9-17)22-14-4-5-16-6-12-19(13-7-16)23-29(2,26)27/h6-13,20,22-23H,3-5,14-15H2,1-2H3,(H,24,25). The number of aryl methyl sites for hydroxylation is 1. The quantitative estimate of drug-likeness (QED) is 0.456. The van der Waals surface area contributed by atoms with Gasteiger partial charge < -0.3 is 15.2 Å². The normalized spacial score (nSPS) is 12.3. The van der Waals surface area contributed by atoms with Crippen molar-refractivity contribution >= 4 is 27.4 Å². The number of carboxylic acid groups (broad SMARTS) is 1. The Labute approximate surface area is 172 Å². The molecule has 0 saturated carbocycles. The third-order valence-corrected chi connectivity index (χ3v) is 4.85. The van der Waals surface area contributed by atoms with E-state index in [1.165, 1.54) is 0 Å². The molecule has 7 nitrogen and oxygen atoms in total. The summed E-state index contributed by atoms with van der Waals surface area (Å²) in [4.78, 5) is 11.2. The van der Waals surface area contributed by atoms with Crippen LogP contribution in [0.2, 0.25) is 0 Å². The highest BCUT2D eigenvalue weighted by molar-refractivity contribution is 7.92. The smallest absolute Gasteiger partial charge is 0.333 e. The molecule has 3 N–H and O–H groups in total. The van der Waals surface area contributed by atoms with Gasteiger partial charge in [-0.2, -0.15) is 0 Å². The van der Waals surface area contributed by atoms with Crippen molar-refractivity contribution in [1.29, 1.82) is 0 Å². The molecule has 2 aromatic rings. The number of carboxylic acids is 1. The van der Waals surface area contributed by atoms with Crippen LogP contribution in [0.1, 0.15) is 24.5 Å². The fourth-order valence-electron chi connectivity index (χ4n) is 2.87. The Hall–Kier alpha value is -2.58. The number of anilines is 2. The molecule has 1 unspecified atom stereocenters. The number of ether oxygens (including phenoxy) is 1. The van der Waals surface area contributed by atoms with Gasteiger partial charge in [0.1, 0.15) is 0 Å². The van der Waals surface area contributed by atoms with Gasteiger partial charge in [-0.15, -0.1) is 0 Å². The monoisotopic (exact) mass is 420 g/mol. The van der Waals surface area contributed by atoms with Crippen molar-refractivity contribution in [2.45, 2.75) is 32.3 Å². The van der Waals surface area contributed by atoms with Crippen LogP contribution in [-0.2, 0) is 32.4 Å².